The minimum Gasteiger partial charge on any atom is -0.481 e. The Hall–Kier alpha value is -6.43. The molecular weight excluding hydrogens is 975 g/mol. The zero-order valence-electron chi connectivity index (χ0n) is 42.8. The molecule has 3 fully saturated rings. The van der Waals surface area contributed by atoms with Gasteiger partial charge in [0.1, 0.15) is 24.2 Å². The van der Waals surface area contributed by atoms with Crippen molar-refractivity contribution in [2.24, 2.45) is 11.8 Å². The molecule has 0 radical (unpaired) electrons. The average molecular weight is 1050 g/mol. The van der Waals surface area contributed by atoms with Crippen molar-refractivity contribution in [1.29, 1.82) is 0 Å². The molecule has 2 aliphatic heterocycles. The molecule has 1 aliphatic carbocycles. The average Bonchev–Trinajstić information content (AvgIpc) is 3.37. The number of nitrogens with zero attached hydrogens (tertiary/aromatic N) is 4. The van der Waals surface area contributed by atoms with Crippen LogP contribution in [0.3, 0.4) is 0 Å². The van der Waals surface area contributed by atoms with Crippen molar-refractivity contribution in [2.75, 3.05) is 85.1 Å². The molecule has 2 saturated heterocycles. The second-order valence-electron chi connectivity index (χ2n) is 20.1. The summed E-state index contributed by atoms with van der Waals surface area (Å²) in [7, 11) is 0. The molecule has 23 heteroatoms. The van der Waals surface area contributed by atoms with E-state index in [4.69, 9.17) is 5.11 Å². The number of hydrogen-bond acceptors (Lipinski definition) is 13. The highest BCUT2D eigenvalue weighted by molar-refractivity contribution is 5.90. The van der Waals surface area contributed by atoms with Gasteiger partial charge in [-0.25, -0.2) is 14.4 Å². The summed E-state index contributed by atoms with van der Waals surface area (Å²) in [5.74, 6) is -7.08. The third-order valence-corrected chi connectivity index (χ3v) is 14.5. The standard InChI is InChI=1S/C52H77N9O14/c62-44(18-17-43(51(73)74)61-24-6-22-58-25-26-59(29-30-61)21-5-23-60(28-27-58)34-46(65)66)54-33-35-10-14-38(15-11-35)47(67)55-42(32-36-12-13-37-7-1-2-8-39(37)31-36)48(68)53-20-4-3-9-40(49(69)70)56-52(75)57-41(50(71)72)16-19-45(63)64/h1-2,7-8,12-13,31,35,38,40-43H,3-6,9-11,14-30,32-34H2,(H,53,68)(H,54,62)(H,55,67)(H,63,64)(H,65,66)(H,69,70)(H,71,72)(H,73,74)(H2,56,57,75)/t35?,38?,40-,41-,42-,43+/m0/s1. The lowest BCUT2D eigenvalue weighted by molar-refractivity contribution is -0.144. The first-order chi connectivity index (χ1) is 35.9. The maximum absolute atomic E-state index is 13.8. The molecule has 3 aliphatic rings. The summed E-state index contributed by atoms with van der Waals surface area (Å²) in [6, 6.07) is 7.80. The first-order valence-corrected chi connectivity index (χ1v) is 26.4. The normalized spacial score (nSPS) is 21.5. The van der Waals surface area contributed by atoms with E-state index < -0.39 is 78.8 Å². The first kappa shape index (κ1) is 59.4. The van der Waals surface area contributed by atoms with Crippen molar-refractivity contribution < 1.29 is 68.7 Å². The number of rotatable bonds is 26. The molecule has 2 bridgehead atoms. The first-order valence-electron chi connectivity index (χ1n) is 26.4. The highest BCUT2D eigenvalue weighted by atomic mass is 16.4. The van der Waals surface area contributed by atoms with Gasteiger partial charge in [0.2, 0.25) is 17.7 Å². The van der Waals surface area contributed by atoms with Gasteiger partial charge in [0.25, 0.3) is 0 Å². The number of hydrogen-bond donors (Lipinski definition) is 10. The van der Waals surface area contributed by atoms with Crippen LogP contribution in [0.5, 0.6) is 0 Å². The van der Waals surface area contributed by atoms with Gasteiger partial charge >= 0.3 is 35.9 Å². The van der Waals surface area contributed by atoms with Crippen LogP contribution < -0.4 is 26.6 Å². The maximum Gasteiger partial charge on any atom is 0.326 e. The van der Waals surface area contributed by atoms with E-state index in [0.29, 0.717) is 71.4 Å². The van der Waals surface area contributed by atoms with Gasteiger partial charge in [-0.3, -0.25) is 38.6 Å². The Morgan fingerprint density at radius 2 is 1.21 bits per heavy atom. The molecule has 0 spiro atoms. The largest absolute Gasteiger partial charge is 0.481 e. The number of carboxylic acids is 5. The van der Waals surface area contributed by atoms with E-state index in [1.54, 1.807) is 0 Å². The number of nitrogens with one attached hydrogen (secondary N) is 5. The Bertz CT molecular complexity index is 2260. The van der Waals surface area contributed by atoms with Crippen LogP contribution in [0.4, 0.5) is 4.79 Å². The van der Waals surface area contributed by atoms with Gasteiger partial charge in [0.15, 0.2) is 0 Å². The number of urea groups is 1. The molecule has 0 aromatic heterocycles. The highest BCUT2D eigenvalue weighted by Gasteiger charge is 2.32. The van der Waals surface area contributed by atoms with Crippen LogP contribution in [-0.2, 0) is 44.8 Å². The van der Waals surface area contributed by atoms with Crippen molar-refractivity contribution in [3.05, 3.63) is 48.0 Å². The van der Waals surface area contributed by atoms with Gasteiger partial charge in [-0.05, 0) is 106 Å². The van der Waals surface area contributed by atoms with Crippen molar-refractivity contribution in [2.45, 2.75) is 114 Å². The van der Waals surface area contributed by atoms with Crippen molar-refractivity contribution in [3.8, 4) is 0 Å². The van der Waals surface area contributed by atoms with Crippen LogP contribution in [0.2, 0.25) is 0 Å². The van der Waals surface area contributed by atoms with E-state index in [9.17, 15) is 63.6 Å². The summed E-state index contributed by atoms with van der Waals surface area (Å²) in [6.07, 6.45) is 3.95. The molecule has 5 amide bonds. The van der Waals surface area contributed by atoms with E-state index in [-0.39, 0.29) is 68.8 Å². The zero-order valence-corrected chi connectivity index (χ0v) is 42.8. The number of fused-ring (bicyclic) bond motifs is 4. The van der Waals surface area contributed by atoms with E-state index in [1.807, 2.05) is 52.3 Å². The molecule has 75 heavy (non-hydrogen) atoms. The SMILES string of the molecule is O=C(O)CC[C@H](NC(=O)N[C@@H](CCCCNC(=O)[C@H](Cc1ccc2ccccc2c1)NC(=O)C1CCC(CNC(=O)CC[C@H](C(=O)O)N2CCCN3CCN(CCCN(CC(=O)O)CC3)CC2)CC1)C(=O)O)C(=O)O. The molecule has 23 nitrogen and oxygen atoms in total. The molecule has 2 aromatic carbocycles. The Balaban J connectivity index is 1.07. The van der Waals surface area contributed by atoms with Gasteiger partial charge in [-0.15, -0.1) is 0 Å². The molecular formula is C52H77N9O14. The predicted octanol–water partition coefficient (Wildman–Crippen LogP) is 1.48. The Morgan fingerprint density at radius 1 is 0.573 bits per heavy atom. The molecule has 2 unspecified atom stereocenters. The van der Waals surface area contributed by atoms with Crippen LogP contribution in [0.1, 0.15) is 89.0 Å². The van der Waals surface area contributed by atoms with Crippen molar-refractivity contribution >= 4 is 64.4 Å². The van der Waals surface area contributed by atoms with Gasteiger partial charge < -0.3 is 61.9 Å². The summed E-state index contributed by atoms with van der Waals surface area (Å²) in [6.45, 7) is 7.67. The monoisotopic (exact) mass is 1050 g/mol. The third-order valence-electron chi connectivity index (χ3n) is 14.5. The number of amides is 5. The van der Waals surface area contributed by atoms with Crippen LogP contribution in [0.25, 0.3) is 10.8 Å². The van der Waals surface area contributed by atoms with Crippen LogP contribution >= 0.6 is 0 Å². The van der Waals surface area contributed by atoms with Gasteiger partial charge in [0.05, 0.1) is 6.54 Å². The quantitative estimate of drug-likeness (QED) is 0.0597. The summed E-state index contributed by atoms with van der Waals surface area (Å²) in [5.41, 5.74) is 0.825. The topological polar surface area (TPSA) is 328 Å². The Labute approximate surface area is 437 Å². The molecule has 6 atom stereocenters. The second-order valence-corrected chi connectivity index (χ2v) is 20.1. The van der Waals surface area contributed by atoms with E-state index >= 15 is 0 Å². The molecule has 2 aromatic rings. The number of carboxylic acid groups (broad SMARTS) is 5. The molecule has 2 heterocycles. The minimum absolute atomic E-state index is 0.0143. The highest BCUT2D eigenvalue weighted by Crippen LogP contribution is 2.29. The number of unbranched alkanes of at least 4 members (excludes halogenated alkanes) is 1. The third kappa shape index (κ3) is 21.0. The number of carbonyl (C=O) groups excluding carboxylic acids is 4. The summed E-state index contributed by atoms with van der Waals surface area (Å²) >= 11 is 0. The number of benzene rings is 2. The summed E-state index contributed by atoms with van der Waals surface area (Å²) in [5, 5.41) is 62.7. The van der Waals surface area contributed by atoms with Crippen molar-refractivity contribution in [3.63, 3.8) is 0 Å². The fourth-order valence-corrected chi connectivity index (χ4v) is 10.2. The number of aliphatic carboxylic acids is 5. The lowest BCUT2D eigenvalue weighted by Crippen LogP contribution is -2.51. The van der Waals surface area contributed by atoms with Gasteiger partial charge in [-0.1, -0.05) is 42.5 Å². The summed E-state index contributed by atoms with van der Waals surface area (Å²) < 4.78 is 0. The number of carbonyl (C=O) groups is 9. The van der Waals surface area contributed by atoms with Crippen LogP contribution in [0, 0.1) is 11.8 Å². The minimum atomic E-state index is -1.54. The fraction of sp³-hybridized carbons (Fsp3) is 0.635. The fourth-order valence-electron chi connectivity index (χ4n) is 10.2. The lowest BCUT2D eigenvalue weighted by Gasteiger charge is -2.37. The lowest BCUT2D eigenvalue weighted by atomic mass is 9.81. The van der Waals surface area contributed by atoms with Gasteiger partial charge in [-0.2, -0.15) is 0 Å². The van der Waals surface area contributed by atoms with Crippen LogP contribution in [0.15, 0.2) is 42.5 Å². The van der Waals surface area contributed by atoms with Gasteiger partial charge in [0, 0.05) is 90.6 Å². The zero-order chi connectivity index (χ0) is 54.3. The Morgan fingerprint density at radius 3 is 1.87 bits per heavy atom. The van der Waals surface area contributed by atoms with Crippen molar-refractivity contribution in [1.82, 2.24) is 46.2 Å². The smallest absolute Gasteiger partial charge is 0.326 e. The van der Waals surface area contributed by atoms with E-state index in [2.05, 4.69) is 36.4 Å². The Kier molecular flexibility index (Phi) is 24.4. The molecule has 10 N–H and O–H groups in total. The predicted molar refractivity (Wildman–Crippen MR) is 275 cm³/mol. The van der Waals surface area contributed by atoms with Crippen LogP contribution in [-0.4, -0.2) is 208 Å². The maximum atomic E-state index is 13.8. The van der Waals surface area contributed by atoms with E-state index in [0.717, 1.165) is 61.9 Å². The molecule has 1 saturated carbocycles. The van der Waals surface area contributed by atoms with E-state index in [1.165, 1.54) is 0 Å². The second kappa shape index (κ2) is 30.8. The molecule has 5 rings (SSSR count). The summed E-state index contributed by atoms with van der Waals surface area (Å²) in [4.78, 5) is 120. The molecule has 414 valence electrons.